The van der Waals surface area contributed by atoms with Crippen LogP contribution < -0.4 is 11.1 Å². The summed E-state index contributed by atoms with van der Waals surface area (Å²) in [5.41, 5.74) is 5.55. The van der Waals surface area contributed by atoms with E-state index in [-0.39, 0.29) is 6.03 Å². The van der Waals surface area contributed by atoms with Gasteiger partial charge in [-0.25, -0.2) is 4.79 Å². The first-order valence-corrected chi connectivity index (χ1v) is 8.32. The third-order valence-electron chi connectivity index (χ3n) is 3.58. The molecule has 0 aromatic carbocycles. The molecule has 84 valence electrons. The molecule has 0 fully saturated rings. The van der Waals surface area contributed by atoms with Crippen LogP contribution in [0.15, 0.2) is 0 Å². The van der Waals surface area contributed by atoms with Crippen molar-refractivity contribution >= 4 is 14.1 Å². The normalized spacial score (nSPS) is 13.7. The molecule has 3 nitrogen and oxygen atoms in total. The Kier molecular flexibility index (Phi) is 5.84. The fourth-order valence-corrected chi connectivity index (χ4v) is 6.64. The van der Waals surface area contributed by atoms with Gasteiger partial charge >= 0.3 is 6.03 Å². The molecule has 0 spiro atoms. The minimum Gasteiger partial charge on any atom is -0.352 e. The molecule has 4 heteroatoms. The van der Waals surface area contributed by atoms with Gasteiger partial charge in [0.15, 0.2) is 0 Å². The Labute approximate surface area is 88.5 Å². The molecule has 0 heterocycles. The summed E-state index contributed by atoms with van der Waals surface area (Å²) in [6, 6.07) is 3.29. The van der Waals surface area contributed by atoms with Crippen molar-refractivity contribution in [2.75, 3.05) is 0 Å². The predicted octanol–water partition coefficient (Wildman–Crippen LogP) is 2.48. The maximum Gasteiger partial charge on any atom is 0.312 e. The Morgan fingerprint density at radius 3 is 1.86 bits per heavy atom. The molecule has 0 aliphatic rings. The summed E-state index contributed by atoms with van der Waals surface area (Å²) >= 11 is 0. The first kappa shape index (κ1) is 13.5. The number of carbonyl (C=O) groups excluding carboxylic acids is 1. The average molecular weight is 216 g/mol. The molecular weight excluding hydrogens is 192 g/mol. The molecule has 0 aliphatic heterocycles. The molecule has 1 atom stereocenters. The fourth-order valence-electron chi connectivity index (χ4n) is 2.35. The number of hydrogen-bond donors (Lipinski definition) is 2. The molecule has 0 saturated carbocycles. The molecule has 2 amide bonds. The monoisotopic (exact) mass is 216 g/mol. The lowest BCUT2D eigenvalue weighted by Crippen LogP contribution is -2.56. The Hall–Kier alpha value is -0.513. The number of primary amides is 1. The van der Waals surface area contributed by atoms with Crippen LogP contribution in [-0.4, -0.2) is 19.8 Å². The Morgan fingerprint density at radius 1 is 1.21 bits per heavy atom. The van der Waals surface area contributed by atoms with Crippen LogP contribution in [0, 0.1) is 0 Å². The van der Waals surface area contributed by atoms with Crippen LogP contribution in [0.5, 0.6) is 0 Å². The quantitative estimate of drug-likeness (QED) is 0.658. The van der Waals surface area contributed by atoms with Gasteiger partial charge in [0.25, 0.3) is 0 Å². The van der Waals surface area contributed by atoms with Crippen LogP contribution in [0.2, 0.25) is 18.1 Å². The van der Waals surface area contributed by atoms with Crippen molar-refractivity contribution in [3.05, 3.63) is 0 Å². The zero-order chi connectivity index (χ0) is 11.2. The standard InChI is InChI=1S/C10H24N2OSi/c1-5-9(12-10(11)13)14(6-2,7-3)8-4/h9H,5-8H2,1-4H3,(H3,11,12,13). The van der Waals surface area contributed by atoms with Crippen molar-refractivity contribution in [2.45, 2.75) is 57.9 Å². The SMILES string of the molecule is CCC(NC(N)=O)[Si](CC)(CC)CC. The first-order chi connectivity index (χ1) is 6.56. The van der Waals surface area contributed by atoms with Crippen LogP contribution >= 0.6 is 0 Å². The van der Waals surface area contributed by atoms with Gasteiger partial charge in [-0.15, -0.1) is 0 Å². The van der Waals surface area contributed by atoms with Gasteiger partial charge in [0.05, 0.1) is 8.07 Å². The van der Waals surface area contributed by atoms with E-state index in [0.717, 1.165) is 6.42 Å². The highest BCUT2D eigenvalue weighted by Gasteiger charge is 2.35. The molecule has 0 bridgehead atoms. The lowest BCUT2D eigenvalue weighted by atomic mass is 10.5. The number of hydrogen-bond acceptors (Lipinski definition) is 1. The predicted molar refractivity (Wildman–Crippen MR) is 64.0 cm³/mol. The topological polar surface area (TPSA) is 55.1 Å². The van der Waals surface area contributed by atoms with E-state index in [1.54, 1.807) is 0 Å². The first-order valence-electron chi connectivity index (χ1n) is 5.62. The number of carbonyl (C=O) groups is 1. The lowest BCUT2D eigenvalue weighted by molar-refractivity contribution is 0.247. The van der Waals surface area contributed by atoms with E-state index in [4.69, 9.17) is 5.73 Å². The smallest absolute Gasteiger partial charge is 0.312 e. The highest BCUT2D eigenvalue weighted by Crippen LogP contribution is 2.25. The second kappa shape index (κ2) is 6.06. The molecule has 1 unspecified atom stereocenters. The van der Waals surface area contributed by atoms with Crippen molar-refractivity contribution in [1.29, 1.82) is 0 Å². The third kappa shape index (κ3) is 3.01. The van der Waals surface area contributed by atoms with E-state index in [0.29, 0.717) is 5.67 Å². The van der Waals surface area contributed by atoms with Crippen molar-refractivity contribution in [1.82, 2.24) is 5.32 Å². The highest BCUT2D eigenvalue weighted by molar-refractivity contribution is 6.81. The van der Waals surface area contributed by atoms with Crippen molar-refractivity contribution in [3.8, 4) is 0 Å². The molecule has 0 aromatic heterocycles. The number of nitrogens with one attached hydrogen (secondary N) is 1. The zero-order valence-electron chi connectivity index (χ0n) is 9.89. The number of urea groups is 1. The van der Waals surface area contributed by atoms with Gasteiger partial charge in [0, 0.05) is 5.67 Å². The summed E-state index contributed by atoms with van der Waals surface area (Å²) in [7, 11) is -1.32. The van der Waals surface area contributed by atoms with E-state index in [2.05, 4.69) is 33.0 Å². The lowest BCUT2D eigenvalue weighted by Gasteiger charge is -2.36. The van der Waals surface area contributed by atoms with Gasteiger partial charge < -0.3 is 11.1 Å². The van der Waals surface area contributed by atoms with E-state index in [1.807, 2.05) is 0 Å². The number of nitrogens with two attached hydrogens (primary N) is 1. The molecule has 0 rings (SSSR count). The van der Waals surface area contributed by atoms with Crippen LogP contribution in [0.3, 0.4) is 0 Å². The largest absolute Gasteiger partial charge is 0.352 e. The Morgan fingerprint density at radius 2 is 1.64 bits per heavy atom. The summed E-state index contributed by atoms with van der Waals surface area (Å²) in [4.78, 5) is 10.9. The van der Waals surface area contributed by atoms with Crippen LogP contribution in [0.25, 0.3) is 0 Å². The van der Waals surface area contributed by atoms with E-state index >= 15 is 0 Å². The zero-order valence-corrected chi connectivity index (χ0v) is 10.9. The summed E-state index contributed by atoms with van der Waals surface area (Å²) in [5, 5.41) is 2.92. The van der Waals surface area contributed by atoms with E-state index in [1.165, 1.54) is 18.1 Å². The molecule has 0 saturated heterocycles. The summed E-state index contributed by atoms with van der Waals surface area (Å²) in [6.07, 6.45) is 1.00. The van der Waals surface area contributed by atoms with Gasteiger partial charge in [0.2, 0.25) is 0 Å². The highest BCUT2D eigenvalue weighted by atomic mass is 28.3. The van der Waals surface area contributed by atoms with Crippen LogP contribution in [0.1, 0.15) is 34.1 Å². The second-order valence-electron chi connectivity index (χ2n) is 3.89. The molecule has 0 aromatic rings. The van der Waals surface area contributed by atoms with Gasteiger partial charge in [0.1, 0.15) is 0 Å². The molecular formula is C10H24N2OSi. The molecule has 14 heavy (non-hydrogen) atoms. The fraction of sp³-hybridized carbons (Fsp3) is 0.900. The van der Waals surface area contributed by atoms with E-state index in [9.17, 15) is 4.79 Å². The number of amides is 2. The van der Waals surface area contributed by atoms with Crippen molar-refractivity contribution in [2.24, 2.45) is 5.73 Å². The summed E-state index contributed by atoms with van der Waals surface area (Å²) in [6.45, 7) is 8.85. The molecule has 0 aliphatic carbocycles. The third-order valence-corrected chi connectivity index (χ3v) is 9.83. The second-order valence-corrected chi connectivity index (χ2v) is 9.44. The minimum atomic E-state index is -1.32. The number of rotatable bonds is 6. The minimum absolute atomic E-state index is 0.347. The Balaban J connectivity index is 4.64. The van der Waals surface area contributed by atoms with Crippen molar-refractivity contribution in [3.63, 3.8) is 0 Å². The Bertz CT molecular complexity index is 173. The maximum atomic E-state index is 10.9. The summed E-state index contributed by atoms with van der Waals surface area (Å²) in [5.74, 6) is 0. The van der Waals surface area contributed by atoms with Crippen LogP contribution in [0.4, 0.5) is 4.79 Å². The van der Waals surface area contributed by atoms with E-state index < -0.39 is 8.07 Å². The van der Waals surface area contributed by atoms with Crippen molar-refractivity contribution < 1.29 is 4.79 Å². The molecule has 3 N–H and O–H groups in total. The molecule has 0 radical (unpaired) electrons. The van der Waals surface area contributed by atoms with Gasteiger partial charge in [-0.3, -0.25) is 0 Å². The summed E-state index contributed by atoms with van der Waals surface area (Å²) < 4.78 is 0. The van der Waals surface area contributed by atoms with Gasteiger partial charge in [-0.05, 0) is 6.42 Å². The maximum absolute atomic E-state index is 10.9. The average Bonchev–Trinajstić information content (AvgIpc) is 2.19. The van der Waals surface area contributed by atoms with Gasteiger partial charge in [-0.1, -0.05) is 45.8 Å². The van der Waals surface area contributed by atoms with Gasteiger partial charge in [-0.2, -0.15) is 0 Å². The van der Waals surface area contributed by atoms with Crippen LogP contribution in [-0.2, 0) is 0 Å².